The van der Waals surface area contributed by atoms with Crippen LogP contribution in [0.25, 0.3) is 0 Å². The minimum Gasteiger partial charge on any atom is -0.389 e. The van der Waals surface area contributed by atoms with Crippen molar-refractivity contribution in [1.29, 1.82) is 0 Å². The number of halogens is 1. The third kappa shape index (κ3) is 3.83. The Bertz CT molecular complexity index is 485. The molecule has 0 amide bonds. The Balaban J connectivity index is 2.17. The van der Waals surface area contributed by atoms with Gasteiger partial charge in [-0.3, -0.25) is 0 Å². The first kappa shape index (κ1) is 14.6. The van der Waals surface area contributed by atoms with Crippen LogP contribution in [0.15, 0.2) is 18.2 Å². The van der Waals surface area contributed by atoms with Crippen LogP contribution in [-0.2, 0) is 0 Å². The van der Waals surface area contributed by atoms with E-state index in [0.717, 1.165) is 11.3 Å². The van der Waals surface area contributed by atoms with Gasteiger partial charge < -0.3 is 11.1 Å². The molecule has 0 saturated heterocycles. The third-order valence-electron chi connectivity index (χ3n) is 3.81. The van der Waals surface area contributed by atoms with E-state index in [4.69, 9.17) is 29.6 Å². The molecular weight excluding hydrogens is 276 g/mol. The lowest BCUT2D eigenvalue weighted by atomic mass is 9.75. The average molecular weight is 297 g/mol. The second-order valence-corrected chi connectivity index (χ2v) is 7.03. The van der Waals surface area contributed by atoms with E-state index in [-0.39, 0.29) is 0 Å². The van der Waals surface area contributed by atoms with E-state index in [0.29, 0.717) is 21.5 Å². The highest BCUT2D eigenvalue weighted by Gasteiger charge is 2.28. The van der Waals surface area contributed by atoms with Crippen LogP contribution in [0, 0.1) is 5.41 Å². The molecule has 1 aromatic rings. The first-order chi connectivity index (χ1) is 8.87. The van der Waals surface area contributed by atoms with Crippen molar-refractivity contribution in [2.75, 3.05) is 5.32 Å². The smallest absolute Gasteiger partial charge is 0.106 e. The Morgan fingerprint density at radius 3 is 2.84 bits per heavy atom. The van der Waals surface area contributed by atoms with Crippen molar-refractivity contribution in [3.8, 4) is 0 Å². The van der Waals surface area contributed by atoms with Crippen molar-refractivity contribution in [2.45, 2.75) is 45.6 Å². The molecule has 0 bridgehead atoms. The Labute approximate surface area is 125 Å². The maximum atomic E-state index is 6.01. The van der Waals surface area contributed by atoms with Gasteiger partial charge in [-0.05, 0) is 42.9 Å². The van der Waals surface area contributed by atoms with Gasteiger partial charge in [0.05, 0.1) is 0 Å². The highest BCUT2D eigenvalue weighted by Crippen LogP contribution is 2.36. The van der Waals surface area contributed by atoms with Crippen LogP contribution in [0.1, 0.15) is 45.1 Å². The Morgan fingerprint density at radius 2 is 2.21 bits per heavy atom. The predicted molar refractivity (Wildman–Crippen MR) is 87.0 cm³/mol. The zero-order valence-electron chi connectivity index (χ0n) is 11.5. The lowest BCUT2D eigenvalue weighted by Crippen LogP contribution is -2.32. The summed E-state index contributed by atoms with van der Waals surface area (Å²) in [6.45, 7) is 4.66. The van der Waals surface area contributed by atoms with E-state index in [1.54, 1.807) is 0 Å². The van der Waals surface area contributed by atoms with Gasteiger partial charge in [-0.25, -0.2) is 0 Å². The number of rotatable bonds is 3. The van der Waals surface area contributed by atoms with Crippen LogP contribution in [0.4, 0.5) is 5.69 Å². The second kappa shape index (κ2) is 5.68. The molecule has 1 aromatic carbocycles. The molecule has 104 valence electrons. The van der Waals surface area contributed by atoms with Gasteiger partial charge in [0.15, 0.2) is 0 Å². The van der Waals surface area contributed by atoms with Gasteiger partial charge >= 0.3 is 0 Å². The fourth-order valence-corrected chi connectivity index (χ4v) is 3.23. The summed E-state index contributed by atoms with van der Waals surface area (Å²) in [6, 6.07) is 6.16. The Hall–Kier alpha value is -0.800. The van der Waals surface area contributed by atoms with Crippen molar-refractivity contribution in [2.24, 2.45) is 11.1 Å². The molecule has 2 nitrogen and oxygen atoms in total. The second-order valence-electron chi connectivity index (χ2n) is 6.16. The van der Waals surface area contributed by atoms with Crippen molar-refractivity contribution in [3.05, 3.63) is 28.8 Å². The van der Waals surface area contributed by atoms with E-state index < -0.39 is 0 Å². The fraction of sp³-hybridized carbons (Fsp3) is 0.533. The zero-order chi connectivity index (χ0) is 14.0. The van der Waals surface area contributed by atoms with Crippen LogP contribution in [0.5, 0.6) is 0 Å². The highest BCUT2D eigenvalue weighted by atomic mass is 35.5. The molecule has 1 atom stereocenters. The molecule has 1 aliphatic rings. The normalized spacial score (nSPS) is 21.9. The Kier molecular flexibility index (Phi) is 4.36. The summed E-state index contributed by atoms with van der Waals surface area (Å²) in [5, 5.41) is 4.25. The standard InChI is InChI=1S/C15H21ClN2S/c1-15(2)7-3-4-11(9-15)18-13-6-5-10(16)8-12(13)14(17)19/h5-6,8,11,18H,3-4,7,9H2,1-2H3,(H2,17,19). The molecule has 1 aliphatic carbocycles. The number of anilines is 1. The minimum absolute atomic E-state index is 0.389. The van der Waals surface area contributed by atoms with Gasteiger partial charge in [-0.1, -0.05) is 44.1 Å². The molecule has 0 spiro atoms. The minimum atomic E-state index is 0.389. The molecule has 19 heavy (non-hydrogen) atoms. The van der Waals surface area contributed by atoms with E-state index in [1.165, 1.54) is 25.7 Å². The molecule has 2 rings (SSSR count). The maximum absolute atomic E-state index is 6.01. The van der Waals surface area contributed by atoms with Crippen LogP contribution in [0.3, 0.4) is 0 Å². The van der Waals surface area contributed by atoms with E-state index in [2.05, 4.69) is 19.2 Å². The Morgan fingerprint density at radius 1 is 1.47 bits per heavy atom. The molecule has 3 N–H and O–H groups in total. The van der Waals surface area contributed by atoms with Crippen molar-refractivity contribution in [3.63, 3.8) is 0 Å². The van der Waals surface area contributed by atoms with E-state index in [9.17, 15) is 0 Å². The number of nitrogens with two attached hydrogens (primary N) is 1. The predicted octanol–water partition coefficient (Wildman–Crippen LogP) is 4.35. The topological polar surface area (TPSA) is 38.0 Å². The first-order valence-corrected chi connectivity index (χ1v) is 7.52. The number of benzene rings is 1. The zero-order valence-corrected chi connectivity index (χ0v) is 13.1. The highest BCUT2D eigenvalue weighted by molar-refractivity contribution is 7.80. The van der Waals surface area contributed by atoms with Crippen LogP contribution >= 0.6 is 23.8 Å². The van der Waals surface area contributed by atoms with Crippen molar-refractivity contribution >= 4 is 34.5 Å². The van der Waals surface area contributed by atoms with Gasteiger partial charge in [0.2, 0.25) is 0 Å². The van der Waals surface area contributed by atoms with Gasteiger partial charge in [-0.15, -0.1) is 0 Å². The number of thiocarbonyl (C=S) groups is 1. The van der Waals surface area contributed by atoms with Gasteiger partial charge in [0, 0.05) is 22.3 Å². The molecule has 0 aromatic heterocycles. The summed E-state index contributed by atoms with van der Waals surface area (Å²) in [5.41, 5.74) is 8.02. The van der Waals surface area contributed by atoms with Crippen molar-refractivity contribution in [1.82, 2.24) is 0 Å². The molecule has 0 aliphatic heterocycles. The summed E-state index contributed by atoms with van der Waals surface area (Å²) in [5.74, 6) is 0. The quantitative estimate of drug-likeness (QED) is 0.814. The molecule has 1 fully saturated rings. The summed E-state index contributed by atoms with van der Waals surface area (Å²) in [4.78, 5) is 0.389. The average Bonchev–Trinajstić information content (AvgIpc) is 2.30. The maximum Gasteiger partial charge on any atom is 0.106 e. The summed E-state index contributed by atoms with van der Waals surface area (Å²) >= 11 is 11.1. The lowest BCUT2D eigenvalue weighted by Gasteiger charge is -2.36. The van der Waals surface area contributed by atoms with E-state index in [1.807, 2.05) is 18.2 Å². The number of nitrogens with one attached hydrogen (secondary N) is 1. The monoisotopic (exact) mass is 296 g/mol. The van der Waals surface area contributed by atoms with Gasteiger partial charge in [-0.2, -0.15) is 0 Å². The largest absolute Gasteiger partial charge is 0.389 e. The number of hydrogen-bond acceptors (Lipinski definition) is 2. The lowest BCUT2D eigenvalue weighted by molar-refractivity contribution is 0.229. The third-order valence-corrected chi connectivity index (χ3v) is 4.27. The summed E-state index contributed by atoms with van der Waals surface area (Å²) < 4.78 is 0. The molecule has 1 saturated carbocycles. The van der Waals surface area contributed by atoms with Crippen LogP contribution < -0.4 is 11.1 Å². The molecule has 0 radical (unpaired) electrons. The van der Waals surface area contributed by atoms with E-state index >= 15 is 0 Å². The van der Waals surface area contributed by atoms with Crippen LogP contribution in [-0.4, -0.2) is 11.0 Å². The van der Waals surface area contributed by atoms with Gasteiger partial charge in [0.1, 0.15) is 4.99 Å². The fourth-order valence-electron chi connectivity index (χ4n) is 2.89. The SMILES string of the molecule is CC1(C)CCCC(Nc2ccc(Cl)cc2C(N)=S)C1. The summed E-state index contributed by atoms with van der Waals surface area (Å²) in [6.07, 6.45) is 4.93. The summed E-state index contributed by atoms with van der Waals surface area (Å²) in [7, 11) is 0. The van der Waals surface area contributed by atoms with Crippen LogP contribution in [0.2, 0.25) is 5.02 Å². The van der Waals surface area contributed by atoms with Crippen molar-refractivity contribution < 1.29 is 0 Å². The molecular formula is C15H21ClN2S. The number of hydrogen-bond donors (Lipinski definition) is 2. The molecule has 1 unspecified atom stereocenters. The molecule has 0 heterocycles. The molecule has 4 heteroatoms. The first-order valence-electron chi connectivity index (χ1n) is 6.73. The van der Waals surface area contributed by atoms with Gasteiger partial charge in [0.25, 0.3) is 0 Å².